The molecule has 1 aromatic rings. The van der Waals surface area contributed by atoms with E-state index in [4.69, 9.17) is 5.73 Å². The molecule has 0 bridgehead atoms. The number of carbonyl (C=O) groups excluding carboxylic acids is 1. The molecule has 1 aromatic heterocycles. The number of anilines is 2. The van der Waals surface area contributed by atoms with E-state index in [0.717, 1.165) is 37.7 Å². The largest absolute Gasteiger partial charge is 0.396 e. The van der Waals surface area contributed by atoms with Crippen molar-refractivity contribution in [1.29, 1.82) is 0 Å². The quantitative estimate of drug-likeness (QED) is 0.849. The fraction of sp³-hybridized carbons (Fsp3) is 0.538. The van der Waals surface area contributed by atoms with Gasteiger partial charge >= 0.3 is 0 Å². The first-order valence-corrected chi connectivity index (χ1v) is 6.37. The number of rotatable bonds is 2. The van der Waals surface area contributed by atoms with Gasteiger partial charge in [-0.1, -0.05) is 6.92 Å². The Hall–Kier alpha value is -1.78. The van der Waals surface area contributed by atoms with E-state index in [1.54, 1.807) is 0 Å². The van der Waals surface area contributed by atoms with Gasteiger partial charge in [-0.3, -0.25) is 4.79 Å². The molecule has 18 heavy (non-hydrogen) atoms. The average molecular weight is 248 g/mol. The molecule has 0 spiro atoms. The molecule has 98 valence electrons. The lowest BCUT2D eigenvalue weighted by molar-refractivity contribution is -0.131. The molecule has 0 aliphatic carbocycles. The van der Waals surface area contributed by atoms with E-state index < -0.39 is 0 Å². The van der Waals surface area contributed by atoms with Crippen LogP contribution in [0.15, 0.2) is 12.1 Å². The molecule has 1 aliphatic rings. The molecule has 1 fully saturated rings. The van der Waals surface area contributed by atoms with Crippen LogP contribution >= 0.6 is 0 Å². The van der Waals surface area contributed by atoms with Crippen molar-refractivity contribution in [2.24, 2.45) is 0 Å². The van der Waals surface area contributed by atoms with Crippen molar-refractivity contribution >= 4 is 17.4 Å². The smallest absolute Gasteiger partial charge is 0.222 e. The van der Waals surface area contributed by atoms with Crippen molar-refractivity contribution in [3.63, 3.8) is 0 Å². The predicted molar refractivity (Wildman–Crippen MR) is 72.5 cm³/mol. The lowest BCUT2D eigenvalue weighted by Gasteiger charge is -2.35. The van der Waals surface area contributed by atoms with Crippen molar-refractivity contribution in [1.82, 2.24) is 9.88 Å². The van der Waals surface area contributed by atoms with Gasteiger partial charge in [-0.2, -0.15) is 0 Å². The summed E-state index contributed by atoms with van der Waals surface area (Å²) in [4.78, 5) is 20.1. The fourth-order valence-electron chi connectivity index (χ4n) is 2.20. The van der Waals surface area contributed by atoms with Crippen LogP contribution in [-0.2, 0) is 4.79 Å². The molecule has 0 radical (unpaired) electrons. The number of aryl methyl sites for hydroxylation is 1. The third-order valence-electron chi connectivity index (χ3n) is 3.28. The molecule has 2 N–H and O–H groups in total. The van der Waals surface area contributed by atoms with E-state index in [2.05, 4.69) is 9.88 Å². The molecule has 0 saturated carbocycles. The summed E-state index contributed by atoms with van der Waals surface area (Å²) in [6.07, 6.45) is 0.574. The molecule has 1 aliphatic heterocycles. The second-order valence-electron chi connectivity index (χ2n) is 4.59. The van der Waals surface area contributed by atoms with Crippen molar-refractivity contribution in [2.75, 3.05) is 36.8 Å². The molecule has 0 aromatic carbocycles. The number of carbonyl (C=O) groups is 1. The third-order valence-corrected chi connectivity index (χ3v) is 3.28. The number of aromatic nitrogens is 1. The highest BCUT2D eigenvalue weighted by Crippen LogP contribution is 2.22. The SMILES string of the molecule is CCC(=O)N1CCN(c2nc(C)ccc2N)CC1. The molecule has 1 saturated heterocycles. The highest BCUT2D eigenvalue weighted by molar-refractivity contribution is 5.76. The molecular weight excluding hydrogens is 228 g/mol. The number of nitrogen functional groups attached to an aromatic ring is 1. The van der Waals surface area contributed by atoms with Gasteiger partial charge in [0.2, 0.25) is 5.91 Å². The second-order valence-corrected chi connectivity index (χ2v) is 4.59. The minimum Gasteiger partial charge on any atom is -0.396 e. The standard InChI is InChI=1S/C13H20N4O/c1-3-12(18)16-6-8-17(9-7-16)13-11(14)5-4-10(2)15-13/h4-5H,3,6-9,14H2,1-2H3. The van der Waals surface area contributed by atoms with Gasteiger partial charge in [0.05, 0.1) is 5.69 Å². The van der Waals surface area contributed by atoms with Crippen LogP contribution in [0.1, 0.15) is 19.0 Å². The van der Waals surface area contributed by atoms with E-state index in [9.17, 15) is 4.79 Å². The molecule has 1 amide bonds. The summed E-state index contributed by atoms with van der Waals surface area (Å²) in [5.74, 6) is 1.07. The van der Waals surface area contributed by atoms with Crippen LogP contribution in [0.4, 0.5) is 11.5 Å². The van der Waals surface area contributed by atoms with Crippen molar-refractivity contribution < 1.29 is 4.79 Å². The van der Waals surface area contributed by atoms with Gasteiger partial charge in [0.15, 0.2) is 5.82 Å². The first-order chi connectivity index (χ1) is 8.61. The topological polar surface area (TPSA) is 62.5 Å². The number of hydrogen-bond acceptors (Lipinski definition) is 4. The van der Waals surface area contributed by atoms with Crippen molar-refractivity contribution in [3.8, 4) is 0 Å². The van der Waals surface area contributed by atoms with Gasteiger partial charge in [0.25, 0.3) is 0 Å². The third kappa shape index (κ3) is 2.55. The Kier molecular flexibility index (Phi) is 3.69. The van der Waals surface area contributed by atoms with Crippen LogP contribution in [0.2, 0.25) is 0 Å². The van der Waals surface area contributed by atoms with E-state index in [-0.39, 0.29) is 5.91 Å². The molecule has 2 rings (SSSR count). The summed E-state index contributed by atoms with van der Waals surface area (Å²) >= 11 is 0. The number of piperazine rings is 1. The Bertz CT molecular complexity index is 439. The first kappa shape index (κ1) is 12.7. The molecule has 2 heterocycles. The number of pyridine rings is 1. The minimum atomic E-state index is 0.222. The average Bonchev–Trinajstić information content (AvgIpc) is 2.41. The van der Waals surface area contributed by atoms with Gasteiger partial charge in [0.1, 0.15) is 0 Å². The normalized spacial score (nSPS) is 15.9. The summed E-state index contributed by atoms with van der Waals surface area (Å²) in [6, 6.07) is 3.80. The molecule has 5 heteroatoms. The van der Waals surface area contributed by atoms with Gasteiger partial charge in [-0.25, -0.2) is 4.98 Å². The van der Waals surface area contributed by atoms with Crippen LogP contribution in [0.5, 0.6) is 0 Å². The van der Waals surface area contributed by atoms with Crippen LogP contribution in [0.3, 0.4) is 0 Å². The number of hydrogen-bond donors (Lipinski definition) is 1. The Labute approximate surface area is 108 Å². The Morgan fingerprint density at radius 2 is 2.00 bits per heavy atom. The summed E-state index contributed by atoms with van der Waals surface area (Å²) in [5.41, 5.74) is 7.62. The molecule has 0 unspecified atom stereocenters. The number of nitrogens with two attached hydrogens (primary N) is 1. The zero-order valence-electron chi connectivity index (χ0n) is 11.0. The van der Waals surface area contributed by atoms with Crippen LogP contribution in [0.25, 0.3) is 0 Å². The maximum absolute atomic E-state index is 11.6. The lowest BCUT2D eigenvalue weighted by atomic mass is 10.2. The van der Waals surface area contributed by atoms with E-state index in [1.165, 1.54) is 0 Å². The minimum absolute atomic E-state index is 0.222. The molecular formula is C13H20N4O. The monoisotopic (exact) mass is 248 g/mol. The summed E-state index contributed by atoms with van der Waals surface area (Å²) in [5, 5.41) is 0. The van der Waals surface area contributed by atoms with Gasteiger partial charge in [-0.15, -0.1) is 0 Å². The summed E-state index contributed by atoms with van der Waals surface area (Å²) in [7, 11) is 0. The maximum Gasteiger partial charge on any atom is 0.222 e. The van der Waals surface area contributed by atoms with Crippen LogP contribution in [0, 0.1) is 6.92 Å². The lowest BCUT2D eigenvalue weighted by Crippen LogP contribution is -2.49. The summed E-state index contributed by atoms with van der Waals surface area (Å²) in [6.45, 7) is 6.96. The van der Waals surface area contributed by atoms with Crippen LogP contribution < -0.4 is 10.6 Å². The number of nitrogens with zero attached hydrogens (tertiary/aromatic N) is 3. The fourth-order valence-corrected chi connectivity index (χ4v) is 2.20. The zero-order chi connectivity index (χ0) is 13.1. The first-order valence-electron chi connectivity index (χ1n) is 6.37. The zero-order valence-corrected chi connectivity index (χ0v) is 11.0. The van der Waals surface area contributed by atoms with Crippen LogP contribution in [-0.4, -0.2) is 42.0 Å². The van der Waals surface area contributed by atoms with E-state index >= 15 is 0 Å². The van der Waals surface area contributed by atoms with Gasteiger partial charge in [0, 0.05) is 38.3 Å². The Morgan fingerprint density at radius 1 is 1.33 bits per heavy atom. The molecule has 0 atom stereocenters. The second kappa shape index (κ2) is 5.25. The maximum atomic E-state index is 11.6. The predicted octanol–water partition coefficient (Wildman–Crippen LogP) is 1.03. The molecule has 5 nitrogen and oxygen atoms in total. The van der Waals surface area contributed by atoms with E-state index in [1.807, 2.05) is 30.9 Å². The Morgan fingerprint density at radius 3 is 2.61 bits per heavy atom. The Balaban J connectivity index is 2.05. The van der Waals surface area contributed by atoms with Gasteiger partial charge < -0.3 is 15.5 Å². The highest BCUT2D eigenvalue weighted by atomic mass is 16.2. The van der Waals surface area contributed by atoms with E-state index in [0.29, 0.717) is 12.1 Å². The highest BCUT2D eigenvalue weighted by Gasteiger charge is 2.21. The van der Waals surface area contributed by atoms with Gasteiger partial charge in [-0.05, 0) is 19.1 Å². The number of amides is 1. The summed E-state index contributed by atoms with van der Waals surface area (Å²) < 4.78 is 0. The van der Waals surface area contributed by atoms with Crippen molar-refractivity contribution in [3.05, 3.63) is 17.8 Å². The van der Waals surface area contributed by atoms with Crippen molar-refractivity contribution in [2.45, 2.75) is 20.3 Å².